The molecule has 0 radical (unpaired) electrons. The van der Waals surface area contributed by atoms with Crippen molar-refractivity contribution in [3.63, 3.8) is 0 Å². The van der Waals surface area contributed by atoms with E-state index in [4.69, 9.17) is 0 Å². The lowest BCUT2D eigenvalue weighted by molar-refractivity contribution is 0.212. The van der Waals surface area contributed by atoms with E-state index in [1.165, 1.54) is 0 Å². The van der Waals surface area contributed by atoms with Crippen LogP contribution in [0, 0.1) is 5.41 Å². The molecule has 1 N–H and O–H groups in total. The quantitative estimate of drug-likeness (QED) is 0.730. The summed E-state index contributed by atoms with van der Waals surface area (Å²) in [5.74, 6) is 0. The third-order valence-electron chi connectivity index (χ3n) is 2.58. The van der Waals surface area contributed by atoms with Crippen molar-refractivity contribution in [1.82, 2.24) is 10.2 Å². The van der Waals surface area contributed by atoms with E-state index in [1.54, 1.807) is 23.3 Å². The number of urea groups is 1. The van der Waals surface area contributed by atoms with Crippen LogP contribution in [0.1, 0.15) is 27.7 Å². The molecule has 0 saturated carbocycles. The van der Waals surface area contributed by atoms with Gasteiger partial charge in [-0.05, 0) is 12.3 Å². The zero-order valence-electron chi connectivity index (χ0n) is 11.4. The van der Waals surface area contributed by atoms with Crippen molar-refractivity contribution in [1.29, 1.82) is 0 Å². The number of hydrogen-bond donors (Lipinski definition) is 1. The van der Waals surface area contributed by atoms with Gasteiger partial charge < -0.3 is 10.2 Å². The molecular weight excluding hydrogens is 212 g/mol. The highest BCUT2D eigenvalue weighted by atomic mass is 16.2. The number of nitrogens with zero attached hydrogens (tertiary/aromatic N) is 1. The summed E-state index contributed by atoms with van der Waals surface area (Å²) in [5, 5.41) is 2.79. The number of allylic oxidation sites excluding steroid dienone is 1. The number of carbonyl (C=O) groups is 1. The highest BCUT2D eigenvalue weighted by molar-refractivity contribution is 5.75. The SMILES string of the molecule is C=CCN(CC=C)C(=O)N/C=C(\C)C(C)(C)C. The van der Waals surface area contributed by atoms with Crippen LogP contribution in [0.4, 0.5) is 4.79 Å². The number of rotatable bonds is 5. The Morgan fingerprint density at radius 3 is 2.06 bits per heavy atom. The second-order valence-electron chi connectivity index (χ2n) is 5.01. The van der Waals surface area contributed by atoms with Gasteiger partial charge in [0.2, 0.25) is 0 Å². The Bertz CT molecular complexity index is 301. The minimum Gasteiger partial charge on any atom is -0.317 e. The lowest BCUT2D eigenvalue weighted by Crippen LogP contribution is -2.38. The molecular formula is C14H24N2O. The molecule has 0 bridgehead atoms. The minimum atomic E-state index is -0.131. The topological polar surface area (TPSA) is 32.3 Å². The first-order valence-corrected chi connectivity index (χ1v) is 5.77. The second kappa shape index (κ2) is 6.94. The van der Waals surface area contributed by atoms with Crippen LogP contribution in [0.3, 0.4) is 0 Å². The van der Waals surface area contributed by atoms with E-state index in [1.807, 2.05) is 6.92 Å². The van der Waals surface area contributed by atoms with Gasteiger partial charge in [-0.2, -0.15) is 0 Å². The van der Waals surface area contributed by atoms with Crippen molar-refractivity contribution < 1.29 is 4.79 Å². The van der Waals surface area contributed by atoms with Gasteiger partial charge in [-0.3, -0.25) is 0 Å². The van der Waals surface area contributed by atoms with Gasteiger partial charge in [0.25, 0.3) is 0 Å². The normalized spacial score (nSPS) is 11.9. The number of carbonyl (C=O) groups excluding carboxylic acids is 1. The standard InChI is InChI=1S/C14H24N2O/c1-7-9-16(10-8-2)13(17)15-11-12(3)14(4,5)6/h7-8,11H,1-2,9-10H2,3-6H3,(H,15,17)/b12-11+. The summed E-state index contributed by atoms with van der Waals surface area (Å²) in [4.78, 5) is 13.5. The Balaban J connectivity index is 4.51. The molecule has 0 aromatic carbocycles. The van der Waals surface area contributed by atoms with Crippen LogP contribution < -0.4 is 5.32 Å². The zero-order chi connectivity index (χ0) is 13.5. The largest absolute Gasteiger partial charge is 0.321 e. The maximum absolute atomic E-state index is 11.8. The highest BCUT2D eigenvalue weighted by Gasteiger charge is 2.14. The van der Waals surface area contributed by atoms with Gasteiger partial charge in [-0.1, -0.05) is 38.5 Å². The van der Waals surface area contributed by atoms with Gasteiger partial charge in [0.15, 0.2) is 0 Å². The molecule has 0 aliphatic heterocycles. The van der Waals surface area contributed by atoms with Crippen molar-refractivity contribution in [2.24, 2.45) is 5.41 Å². The summed E-state index contributed by atoms with van der Waals surface area (Å²) in [6.45, 7) is 16.6. The summed E-state index contributed by atoms with van der Waals surface area (Å²) in [6, 6.07) is -0.131. The maximum Gasteiger partial charge on any atom is 0.321 e. The minimum absolute atomic E-state index is 0.0645. The van der Waals surface area contributed by atoms with Crippen molar-refractivity contribution in [3.8, 4) is 0 Å². The van der Waals surface area contributed by atoms with E-state index in [0.29, 0.717) is 13.1 Å². The Morgan fingerprint density at radius 2 is 1.71 bits per heavy atom. The smallest absolute Gasteiger partial charge is 0.317 e. The lowest BCUT2D eigenvalue weighted by atomic mass is 9.88. The predicted octanol–water partition coefficient (Wildman–Crippen LogP) is 3.32. The third-order valence-corrected chi connectivity index (χ3v) is 2.58. The average molecular weight is 236 g/mol. The van der Waals surface area contributed by atoms with Gasteiger partial charge in [-0.25, -0.2) is 4.79 Å². The van der Waals surface area contributed by atoms with E-state index in [-0.39, 0.29) is 11.4 Å². The van der Waals surface area contributed by atoms with Crippen LogP contribution in [0.15, 0.2) is 37.1 Å². The fourth-order valence-corrected chi connectivity index (χ4v) is 1.03. The molecule has 0 spiro atoms. The summed E-state index contributed by atoms with van der Waals surface area (Å²) >= 11 is 0. The molecule has 0 aliphatic rings. The van der Waals surface area contributed by atoms with Gasteiger partial charge in [-0.15, -0.1) is 13.2 Å². The fraction of sp³-hybridized carbons (Fsp3) is 0.500. The summed E-state index contributed by atoms with van der Waals surface area (Å²) in [6.07, 6.45) is 5.16. The van der Waals surface area contributed by atoms with E-state index >= 15 is 0 Å². The average Bonchev–Trinajstić information content (AvgIpc) is 2.23. The van der Waals surface area contributed by atoms with Gasteiger partial charge in [0.05, 0.1) is 0 Å². The molecule has 0 unspecified atom stereocenters. The molecule has 3 nitrogen and oxygen atoms in total. The molecule has 17 heavy (non-hydrogen) atoms. The molecule has 0 heterocycles. The van der Waals surface area contributed by atoms with Crippen molar-refractivity contribution in [2.45, 2.75) is 27.7 Å². The second-order valence-corrected chi connectivity index (χ2v) is 5.01. The molecule has 0 aromatic rings. The van der Waals surface area contributed by atoms with Gasteiger partial charge >= 0.3 is 6.03 Å². The number of nitrogens with one attached hydrogen (secondary N) is 1. The van der Waals surface area contributed by atoms with Crippen LogP contribution in [0.25, 0.3) is 0 Å². The molecule has 2 amide bonds. The Kier molecular flexibility index (Phi) is 6.33. The predicted molar refractivity (Wildman–Crippen MR) is 73.7 cm³/mol. The van der Waals surface area contributed by atoms with Gasteiger partial charge in [0, 0.05) is 19.3 Å². The van der Waals surface area contributed by atoms with Crippen LogP contribution >= 0.6 is 0 Å². The first-order valence-electron chi connectivity index (χ1n) is 5.77. The van der Waals surface area contributed by atoms with Crippen molar-refractivity contribution in [3.05, 3.63) is 37.1 Å². The zero-order valence-corrected chi connectivity index (χ0v) is 11.4. The van der Waals surface area contributed by atoms with Crippen LogP contribution in [0.5, 0.6) is 0 Å². The molecule has 0 aromatic heterocycles. The molecule has 0 fully saturated rings. The summed E-state index contributed by atoms with van der Waals surface area (Å²) in [5.41, 5.74) is 1.19. The van der Waals surface area contributed by atoms with E-state index < -0.39 is 0 Å². The van der Waals surface area contributed by atoms with Crippen LogP contribution in [0.2, 0.25) is 0 Å². The van der Waals surface area contributed by atoms with E-state index in [0.717, 1.165) is 5.57 Å². The van der Waals surface area contributed by atoms with Crippen molar-refractivity contribution in [2.75, 3.05) is 13.1 Å². The first kappa shape index (κ1) is 15.5. The van der Waals surface area contributed by atoms with Gasteiger partial charge in [0.1, 0.15) is 0 Å². The molecule has 0 saturated heterocycles. The molecule has 0 rings (SSSR count). The Morgan fingerprint density at radius 1 is 1.24 bits per heavy atom. The molecule has 3 heteroatoms. The highest BCUT2D eigenvalue weighted by Crippen LogP contribution is 2.23. The van der Waals surface area contributed by atoms with E-state index in [2.05, 4.69) is 39.2 Å². The lowest BCUT2D eigenvalue weighted by Gasteiger charge is -2.22. The Labute approximate surface area is 105 Å². The number of hydrogen-bond acceptors (Lipinski definition) is 1. The molecule has 96 valence electrons. The fourth-order valence-electron chi connectivity index (χ4n) is 1.03. The summed E-state index contributed by atoms with van der Waals surface area (Å²) in [7, 11) is 0. The molecule has 0 aliphatic carbocycles. The first-order chi connectivity index (χ1) is 7.82. The Hall–Kier alpha value is -1.51. The van der Waals surface area contributed by atoms with Crippen molar-refractivity contribution >= 4 is 6.03 Å². The molecule has 0 atom stereocenters. The van der Waals surface area contributed by atoms with E-state index in [9.17, 15) is 4.79 Å². The monoisotopic (exact) mass is 236 g/mol. The van der Waals surface area contributed by atoms with Crippen LogP contribution in [-0.4, -0.2) is 24.0 Å². The van der Waals surface area contributed by atoms with Crippen LogP contribution in [-0.2, 0) is 0 Å². The number of amides is 2. The third kappa shape index (κ3) is 5.95. The maximum atomic E-state index is 11.8. The summed E-state index contributed by atoms with van der Waals surface area (Å²) < 4.78 is 0.